The topological polar surface area (TPSA) is 44.4 Å². The minimum atomic E-state index is -0.571. The summed E-state index contributed by atoms with van der Waals surface area (Å²) in [5, 5.41) is 8.27. The lowest BCUT2D eigenvalue weighted by atomic mass is 9.70. The third-order valence-corrected chi connectivity index (χ3v) is 7.50. The number of hydrogen-bond acceptors (Lipinski definition) is 3. The second-order valence-corrected chi connectivity index (χ2v) is 9.14. The smallest absolute Gasteiger partial charge is 0.269 e. The SMILES string of the molecule is Cc1cccc2c1N[C@]1(C)N(NC(=O)c3ccccc3)c3ccc4ccccc4c3[C@]21C. The second kappa shape index (κ2) is 6.36. The molecule has 0 saturated carbocycles. The fourth-order valence-corrected chi connectivity index (χ4v) is 5.68. The zero-order valence-corrected chi connectivity index (χ0v) is 18.4. The molecule has 32 heavy (non-hydrogen) atoms. The van der Waals surface area contributed by atoms with Gasteiger partial charge in [0, 0.05) is 11.3 Å². The third-order valence-electron chi connectivity index (χ3n) is 7.50. The highest BCUT2D eigenvalue weighted by atomic mass is 16.2. The normalized spacial score (nSPS) is 22.8. The molecule has 4 aromatic carbocycles. The van der Waals surface area contributed by atoms with Gasteiger partial charge in [-0.05, 0) is 66.4 Å². The van der Waals surface area contributed by atoms with E-state index in [4.69, 9.17) is 0 Å². The van der Waals surface area contributed by atoms with Gasteiger partial charge in [0.05, 0.1) is 11.1 Å². The summed E-state index contributed by atoms with van der Waals surface area (Å²) >= 11 is 0. The van der Waals surface area contributed by atoms with Crippen LogP contribution in [0.1, 0.15) is 40.9 Å². The van der Waals surface area contributed by atoms with E-state index in [1.165, 1.54) is 27.5 Å². The molecule has 1 amide bonds. The van der Waals surface area contributed by atoms with Crippen molar-refractivity contribution in [3.63, 3.8) is 0 Å². The highest BCUT2D eigenvalue weighted by Gasteiger charge is 2.63. The lowest BCUT2D eigenvalue weighted by Crippen LogP contribution is -2.62. The molecule has 2 aliphatic heterocycles. The van der Waals surface area contributed by atoms with Gasteiger partial charge in [-0.2, -0.15) is 0 Å². The highest BCUT2D eigenvalue weighted by Crippen LogP contribution is 2.61. The molecule has 2 heterocycles. The van der Waals surface area contributed by atoms with Gasteiger partial charge in [-0.15, -0.1) is 0 Å². The van der Waals surface area contributed by atoms with Crippen molar-refractivity contribution in [3.8, 4) is 0 Å². The first kappa shape index (κ1) is 18.9. The number of hydrazine groups is 1. The number of rotatable bonds is 2. The molecule has 0 spiro atoms. The van der Waals surface area contributed by atoms with E-state index < -0.39 is 5.66 Å². The summed E-state index contributed by atoms with van der Waals surface area (Å²) in [4.78, 5) is 13.3. The number of carbonyl (C=O) groups is 1. The van der Waals surface area contributed by atoms with E-state index in [1.807, 2.05) is 35.3 Å². The second-order valence-electron chi connectivity index (χ2n) is 9.14. The number of amides is 1. The first-order valence-electron chi connectivity index (χ1n) is 11.0. The number of aryl methyl sites for hydroxylation is 1. The summed E-state index contributed by atoms with van der Waals surface area (Å²) in [7, 11) is 0. The quantitative estimate of drug-likeness (QED) is 0.434. The van der Waals surface area contributed by atoms with Gasteiger partial charge >= 0.3 is 0 Å². The van der Waals surface area contributed by atoms with Crippen LogP contribution in [0.4, 0.5) is 11.4 Å². The van der Waals surface area contributed by atoms with Crippen LogP contribution >= 0.6 is 0 Å². The number of nitrogens with one attached hydrogen (secondary N) is 2. The average Bonchev–Trinajstić information content (AvgIpc) is 3.16. The number of fused-ring (bicyclic) bond motifs is 7. The minimum Gasteiger partial charge on any atom is -0.360 e. The zero-order chi connectivity index (χ0) is 22.1. The van der Waals surface area contributed by atoms with Gasteiger partial charge in [-0.3, -0.25) is 15.2 Å². The first-order chi connectivity index (χ1) is 15.4. The third kappa shape index (κ3) is 2.24. The van der Waals surface area contributed by atoms with Gasteiger partial charge < -0.3 is 5.32 Å². The summed E-state index contributed by atoms with van der Waals surface area (Å²) in [5.74, 6) is -0.121. The summed E-state index contributed by atoms with van der Waals surface area (Å²) in [6, 6.07) is 28.6. The molecule has 4 aromatic rings. The predicted molar refractivity (Wildman–Crippen MR) is 130 cm³/mol. The van der Waals surface area contributed by atoms with Crippen LogP contribution in [-0.4, -0.2) is 11.6 Å². The standard InChI is InChI=1S/C28H25N3O/c1-18-10-9-15-22-25(18)29-28(3)27(22,2)24-21-14-8-7-11-19(21)16-17-23(24)31(28)30-26(32)20-12-5-4-6-13-20/h4-17,29H,1-3H3,(H,30,32)/t27-,28+/m0/s1. The molecule has 158 valence electrons. The van der Waals surface area contributed by atoms with Crippen molar-refractivity contribution in [3.05, 3.63) is 107 Å². The van der Waals surface area contributed by atoms with Crippen LogP contribution in [0.5, 0.6) is 0 Å². The van der Waals surface area contributed by atoms with Crippen LogP contribution in [0.2, 0.25) is 0 Å². The molecule has 4 nitrogen and oxygen atoms in total. The maximum Gasteiger partial charge on any atom is 0.269 e. The van der Waals surface area contributed by atoms with Gasteiger partial charge in [0.1, 0.15) is 5.66 Å². The number of para-hydroxylation sites is 1. The number of benzene rings is 4. The Morgan fingerprint density at radius 2 is 1.62 bits per heavy atom. The maximum atomic E-state index is 13.3. The van der Waals surface area contributed by atoms with Gasteiger partial charge in [0.2, 0.25) is 0 Å². The average molecular weight is 420 g/mol. The van der Waals surface area contributed by atoms with Crippen molar-refractivity contribution in [2.75, 3.05) is 10.3 Å². The molecule has 6 rings (SSSR count). The monoisotopic (exact) mass is 419 g/mol. The van der Waals surface area contributed by atoms with E-state index in [1.54, 1.807) is 0 Å². The van der Waals surface area contributed by atoms with Crippen molar-refractivity contribution >= 4 is 28.1 Å². The Morgan fingerprint density at radius 1 is 0.875 bits per heavy atom. The Hall–Kier alpha value is -3.79. The summed E-state index contributed by atoms with van der Waals surface area (Å²) in [6.07, 6.45) is 0. The lowest BCUT2D eigenvalue weighted by molar-refractivity contribution is 0.0936. The molecule has 0 radical (unpaired) electrons. The fraction of sp³-hybridized carbons (Fsp3) is 0.179. The Morgan fingerprint density at radius 3 is 2.44 bits per heavy atom. The van der Waals surface area contributed by atoms with E-state index in [0.29, 0.717) is 5.56 Å². The Kier molecular flexibility index (Phi) is 3.76. The highest BCUT2D eigenvalue weighted by molar-refractivity contribution is 6.00. The molecule has 2 N–H and O–H groups in total. The summed E-state index contributed by atoms with van der Waals surface area (Å²) in [6.45, 7) is 6.62. The Balaban J connectivity index is 1.61. The van der Waals surface area contributed by atoms with Crippen LogP contribution in [-0.2, 0) is 5.41 Å². The number of carbonyl (C=O) groups excluding carboxylic acids is 1. The molecule has 0 fully saturated rings. The maximum absolute atomic E-state index is 13.3. The van der Waals surface area contributed by atoms with Crippen LogP contribution in [0.15, 0.2) is 84.9 Å². The molecule has 4 heteroatoms. The Bertz CT molecular complexity index is 1400. The van der Waals surface area contributed by atoms with E-state index in [2.05, 4.69) is 86.1 Å². The number of anilines is 2. The molecular formula is C28H25N3O. The van der Waals surface area contributed by atoms with Crippen LogP contribution in [0, 0.1) is 6.92 Å². The van der Waals surface area contributed by atoms with E-state index in [0.717, 1.165) is 11.4 Å². The predicted octanol–water partition coefficient (Wildman–Crippen LogP) is 5.76. The van der Waals surface area contributed by atoms with Crippen molar-refractivity contribution in [2.45, 2.75) is 31.8 Å². The molecular weight excluding hydrogens is 394 g/mol. The van der Waals surface area contributed by atoms with E-state index >= 15 is 0 Å². The molecule has 2 atom stereocenters. The van der Waals surface area contributed by atoms with Crippen LogP contribution in [0.25, 0.3) is 10.8 Å². The Labute approximate surface area is 187 Å². The molecule has 2 aliphatic rings. The molecule has 0 aliphatic carbocycles. The fourth-order valence-electron chi connectivity index (χ4n) is 5.68. The molecule has 0 bridgehead atoms. The van der Waals surface area contributed by atoms with Crippen LogP contribution < -0.4 is 15.8 Å². The zero-order valence-electron chi connectivity index (χ0n) is 18.4. The van der Waals surface area contributed by atoms with Crippen molar-refractivity contribution in [1.82, 2.24) is 5.43 Å². The van der Waals surface area contributed by atoms with Crippen molar-refractivity contribution in [1.29, 1.82) is 0 Å². The van der Waals surface area contributed by atoms with Crippen LogP contribution in [0.3, 0.4) is 0 Å². The number of nitrogens with zero attached hydrogens (tertiary/aromatic N) is 1. The van der Waals surface area contributed by atoms with Crippen molar-refractivity contribution < 1.29 is 4.79 Å². The first-order valence-corrected chi connectivity index (χ1v) is 11.0. The van der Waals surface area contributed by atoms with E-state index in [9.17, 15) is 4.79 Å². The largest absolute Gasteiger partial charge is 0.360 e. The lowest BCUT2D eigenvalue weighted by Gasteiger charge is -2.42. The van der Waals surface area contributed by atoms with Gasteiger partial charge in [-0.1, -0.05) is 66.7 Å². The molecule has 0 aromatic heterocycles. The summed E-state index contributed by atoms with van der Waals surface area (Å²) in [5.41, 5.74) is 8.81. The van der Waals surface area contributed by atoms with Gasteiger partial charge in [0.15, 0.2) is 0 Å². The van der Waals surface area contributed by atoms with Crippen molar-refractivity contribution in [2.24, 2.45) is 0 Å². The number of hydrogen-bond donors (Lipinski definition) is 2. The summed E-state index contributed by atoms with van der Waals surface area (Å²) < 4.78 is 0. The van der Waals surface area contributed by atoms with Gasteiger partial charge in [0.25, 0.3) is 5.91 Å². The minimum absolute atomic E-state index is 0.121. The molecule has 0 unspecified atom stereocenters. The molecule has 0 saturated heterocycles. The van der Waals surface area contributed by atoms with Gasteiger partial charge in [-0.25, -0.2) is 0 Å². The van der Waals surface area contributed by atoms with E-state index in [-0.39, 0.29) is 11.3 Å².